The zero-order valence-electron chi connectivity index (χ0n) is 11.3. The van der Waals surface area contributed by atoms with Crippen molar-refractivity contribution >= 4 is 16.7 Å². The summed E-state index contributed by atoms with van der Waals surface area (Å²) < 4.78 is 0. The summed E-state index contributed by atoms with van der Waals surface area (Å²) in [5.74, 6) is 0.999. The number of hydrogen-bond donors (Lipinski definition) is 0. The van der Waals surface area contributed by atoms with Gasteiger partial charge in [0.1, 0.15) is 10.5 Å². The van der Waals surface area contributed by atoms with Crippen LogP contribution in [-0.4, -0.2) is 22.0 Å². The lowest BCUT2D eigenvalue weighted by atomic mass is 10.2. The molecule has 94 valence electrons. The van der Waals surface area contributed by atoms with Gasteiger partial charge in [-0.1, -0.05) is 37.3 Å². The first-order valence-electron chi connectivity index (χ1n) is 6.33. The standard InChI is InChI=1S/C15H23OS/c1-5-13(4)17(12(2)3)11-15(16)14-9-7-6-8-10-14/h6-10,12-13H,5,11H2,1-4H3/q+1. The van der Waals surface area contributed by atoms with Gasteiger partial charge in [0.15, 0.2) is 5.75 Å². The Morgan fingerprint density at radius 1 is 1.18 bits per heavy atom. The predicted octanol–water partition coefficient (Wildman–Crippen LogP) is 3.69. The summed E-state index contributed by atoms with van der Waals surface area (Å²) >= 11 is 0. The molecular formula is C15H23OS+. The zero-order chi connectivity index (χ0) is 12.8. The van der Waals surface area contributed by atoms with Gasteiger partial charge >= 0.3 is 0 Å². The lowest BCUT2D eigenvalue weighted by Crippen LogP contribution is -2.32. The van der Waals surface area contributed by atoms with Crippen molar-refractivity contribution in [1.29, 1.82) is 0 Å². The third kappa shape index (κ3) is 4.19. The molecule has 0 aliphatic rings. The first-order chi connectivity index (χ1) is 8.06. The molecule has 17 heavy (non-hydrogen) atoms. The molecule has 0 aliphatic heterocycles. The lowest BCUT2D eigenvalue weighted by molar-refractivity contribution is 0.102. The van der Waals surface area contributed by atoms with Gasteiger partial charge in [0.2, 0.25) is 5.78 Å². The van der Waals surface area contributed by atoms with Crippen LogP contribution in [0.4, 0.5) is 0 Å². The van der Waals surface area contributed by atoms with E-state index in [4.69, 9.17) is 0 Å². The maximum atomic E-state index is 12.2. The van der Waals surface area contributed by atoms with Gasteiger partial charge in [-0.3, -0.25) is 4.79 Å². The number of hydrogen-bond acceptors (Lipinski definition) is 1. The first-order valence-corrected chi connectivity index (χ1v) is 7.85. The largest absolute Gasteiger partial charge is 0.289 e. The fourth-order valence-corrected chi connectivity index (χ4v) is 4.29. The average Bonchev–Trinajstić information content (AvgIpc) is 2.35. The molecule has 2 atom stereocenters. The third-order valence-corrected chi connectivity index (χ3v) is 6.26. The molecule has 1 rings (SSSR count). The molecule has 0 bridgehead atoms. The van der Waals surface area contributed by atoms with Crippen molar-refractivity contribution in [2.45, 2.75) is 44.6 Å². The summed E-state index contributed by atoms with van der Waals surface area (Å²) in [5.41, 5.74) is 0.856. The van der Waals surface area contributed by atoms with E-state index >= 15 is 0 Å². The van der Waals surface area contributed by atoms with E-state index in [1.807, 2.05) is 30.3 Å². The van der Waals surface area contributed by atoms with Gasteiger partial charge in [0.25, 0.3) is 0 Å². The highest BCUT2D eigenvalue weighted by Crippen LogP contribution is 2.17. The number of Topliss-reactive ketones (excluding diaryl/α,β-unsaturated/α-hetero) is 1. The van der Waals surface area contributed by atoms with Crippen LogP contribution in [0.25, 0.3) is 0 Å². The van der Waals surface area contributed by atoms with Crippen molar-refractivity contribution in [1.82, 2.24) is 0 Å². The van der Waals surface area contributed by atoms with Gasteiger partial charge in [0, 0.05) is 16.5 Å². The van der Waals surface area contributed by atoms with Crippen LogP contribution in [0.2, 0.25) is 0 Å². The van der Waals surface area contributed by atoms with Gasteiger partial charge in [-0.25, -0.2) is 0 Å². The Balaban J connectivity index is 2.71. The molecule has 0 aromatic heterocycles. The van der Waals surface area contributed by atoms with Crippen LogP contribution in [0.15, 0.2) is 30.3 Å². The maximum absolute atomic E-state index is 12.2. The quantitative estimate of drug-likeness (QED) is 0.556. The number of carbonyl (C=O) groups is 1. The summed E-state index contributed by atoms with van der Waals surface area (Å²) in [6.07, 6.45) is 1.16. The number of carbonyl (C=O) groups excluding carboxylic acids is 1. The zero-order valence-corrected chi connectivity index (χ0v) is 12.1. The van der Waals surface area contributed by atoms with Crippen molar-refractivity contribution in [3.63, 3.8) is 0 Å². The molecule has 0 saturated heterocycles. The van der Waals surface area contributed by atoms with Crippen molar-refractivity contribution in [2.75, 3.05) is 5.75 Å². The Bertz CT molecular complexity index is 345. The van der Waals surface area contributed by atoms with Crippen molar-refractivity contribution in [3.8, 4) is 0 Å². The Morgan fingerprint density at radius 2 is 1.76 bits per heavy atom. The highest BCUT2D eigenvalue weighted by molar-refractivity contribution is 7.98. The number of benzene rings is 1. The van der Waals surface area contributed by atoms with Gasteiger partial charge < -0.3 is 0 Å². The minimum Gasteiger partial charge on any atom is -0.289 e. The highest BCUT2D eigenvalue weighted by Gasteiger charge is 2.31. The Hall–Kier alpha value is -0.760. The van der Waals surface area contributed by atoms with Gasteiger partial charge in [-0.2, -0.15) is 0 Å². The monoisotopic (exact) mass is 251 g/mol. The van der Waals surface area contributed by atoms with Gasteiger partial charge in [0.05, 0.1) is 0 Å². The summed E-state index contributed by atoms with van der Waals surface area (Å²) in [5, 5.41) is 1.24. The Kier molecular flexibility index (Phi) is 5.76. The van der Waals surface area contributed by atoms with Crippen LogP contribution in [0.5, 0.6) is 0 Å². The summed E-state index contributed by atoms with van der Waals surface area (Å²) in [6.45, 7) is 8.93. The molecule has 2 unspecified atom stereocenters. The third-order valence-electron chi connectivity index (χ3n) is 3.09. The van der Waals surface area contributed by atoms with Crippen LogP contribution in [0, 0.1) is 0 Å². The number of ketones is 1. The second-order valence-electron chi connectivity index (χ2n) is 4.67. The lowest BCUT2D eigenvalue weighted by Gasteiger charge is -2.17. The topological polar surface area (TPSA) is 17.1 Å². The summed E-state index contributed by atoms with van der Waals surface area (Å²) in [4.78, 5) is 12.2. The molecule has 0 amide bonds. The summed E-state index contributed by atoms with van der Waals surface area (Å²) in [6, 6.07) is 9.66. The van der Waals surface area contributed by atoms with E-state index in [1.165, 1.54) is 0 Å². The minimum atomic E-state index is 0.199. The van der Waals surface area contributed by atoms with E-state index in [9.17, 15) is 4.79 Å². The maximum Gasteiger partial charge on any atom is 0.211 e. The SMILES string of the molecule is CCC(C)[S+](CC(=O)c1ccccc1)C(C)C. The molecule has 0 fully saturated rings. The minimum absolute atomic E-state index is 0.199. The predicted molar refractivity (Wildman–Crippen MR) is 77.9 cm³/mol. The van der Waals surface area contributed by atoms with Crippen molar-refractivity contribution in [3.05, 3.63) is 35.9 Å². The molecule has 0 saturated carbocycles. The van der Waals surface area contributed by atoms with Crippen LogP contribution in [0.3, 0.4) is 0 Å². The number of rotatable bonds is 6. The summed E-state index contributed by atoms with van der Waals surface area (Å²) in [7, 11) is 0.199. The molecule has 0 heterocycles. The average molecular weight is 251 g/mol. The molecule has 1 aromatic carbocycles. The molecule has 0 spiro atoms. The van der Waals surface area contributed by atoms with E-state index in [0.29, 0.717) is 22.0 Å². The molecule has 0 aliphatic carbocycles. The van der Waals surface area contributed by atoms with Gasteiger partial charge in [-0.15, -0.1) is 0 Å². The van der Waals surface area contributed by atoms with Crippen molar-refractivity contribution < 1.29 is 4.79 Å². The van der Waals surface area contributed by atoms with Crippen LogP contribution in [-0.2, 0) is 10.9 Å². The molecule has 0 N–H and O–H groups in total. The first kappa shape index (κ1) is 14.3. The Labute approximate surface area is 108 Å². The smallest absolute Gasteiger partial charge is 0.211 e. The molecular weight excluding hydrogens is 228 g/mol. The fraction of sp³-hybridized carbons (Fsp3) is 0.533. The normalized spacial score (nSPS) is 14.6. The van der Waals surface area contributed by atoms with Gasteiger partial charge in [-0.05, 0) is 27.2 Å². The second kappa shape index (κ2) is 6.85. The van der Waals surface area contributed by atoms with Crippen LogP contribution in [0.1, 0.15) is 44.5 Å². The molecule has 0 radical (unpaired) electrons. The molecule has 1 aromatic rings. The van der Waals surface area contributed by atoms with Crippen molar-refractivity contribution in [2.24, 2.45) is 0 Å². The van der Waals surface area contributed by atoms with Crippen LogP contribution < -0.4 is 0 Å². The highest BCUT2D eigenvalue weighted by atomic mass is 32.2. The van der Waals surface area contributed by atoms with E-state index in [2.05, 4.69) is 27.7 Å². The van der Waals surface area contributed by atoms with E-state index in [-0.39, 0.29) is 10.9 Å². The van der Waals surface area contributed by atoms with E-state index in [1.54, 1.807) is 0 Å². The second-order valence-corrected chi connectivity index (χ2v) is 7.65. The van der Waals surface area contributed by atoms with E-state index in [0.717, 1.165) is 12.0 Å². The fourth-order valence-electron chi connectivity index (χ4n) is 1.85. The molecule has 2 heteroatoms. The van der Waals surface area contributed by atoms with E-state index < -0.39 is 0 Å². The molecule has 1 nitrogen and oxygen atoms in total. The Morgan fingerprint density at radius 3 is 2.24 bits per heavy atom. The van der Waals surface area contributed by atoms with Crippen LogP contribution >= 0.6 is 0 Å².